The fourth-order valence-corrected chi connectivity index (χ4v) is 6.03. The summed E-state index contributed by atoms with van der Waals surface area (Å²) in [6.07, 6.45) is 3.80. The molecular weight excluding hydrogens is 416 g/mol. The second-order valence-corrected chi connectivity index (χ2v) is 9.21. The Balaban J connectivity index is 1.49. The fraction of sp³-hybridized carbons (Fsp3) is 0.240. The van der Waals surface area contributed by atoms with Crippen LogP contribution in [0.15, 0.2) is 59.9 Å². The highest BCUT2D eigenvalue weighted by atomic mass is 16.2. The Labute approximate surface area is 188 Å². The van der Waals surface area contributed by atoms with E-state index < -0.39 is 5.54 Å². The molecule has 4 atom stereocenters. The first-order valence-corrected chi connectivity index (χ1v) is 11.2. The number of benzene rings is 2. The second kappa shape index (κ2) is 6.25. The molecule has 2 aliphatic heterocycles. The van der Waals surface area contributed by atoms with Gasteiger partial charge in [0.05, 0.1) is 11.6 Å². The van der Waals surface area contributed by atoms with Crippen LogP contribution in [0.3, 0.4) is 0 Å². The Hall–Kier alpha value is -4.07. The molecule has 164 valence electrons. The van der Waals surface area contributed by atoms with E-state index in [1.807, 2.05) is 48.8 Å². The van der Waals surface area contributed by atoms with Crippen molar-refractivity contribution < 1.29 is 9.59 Å². The van der Waals surface area contributed by atoms with Crippen LogP contribution >= 0.6 is 0 Å². The number of rotatable bonds is 1. The van der Waals surface area contributed by atoms with Crippen LogP contribution in [0.25, 0.3) is 21.8 Å². The van der Waals surface area contributed by atoms with Gasteiger partial charge in [-0.1, -0.05) is 37.3 Å². The zero-order valence-electron chi connectivity index (χ0n) is 17.9. The third kappa shape index (κ3) is 2.32. The van der Waals surface area contributed by atoms with Gasteiger partial charge < -0.3 is 25.9 Å². The van der Waals surface area contributed by atoms with Gasteiger partial charge in [-0.15, -0.1) is 0 Å². The number of carbonyl (C=O) groups excluding carboxylic acids is 2. The number of fused-ring (bicyclic) bond motifs is 4. The van der Waals surface area contributed by atoms with Crippen LogP contribution in [-0.4, -0.2) is 45.7 Å². The van der Waals surface area contributed by atoms with Crippen molar-refractivity contribution in [2.24, 2.45) is 4.99 Å². The summed E-state index contributed by atoms with van der Waals surface area (Å²) in [6.45, 7) is 2.57. The molecule has 8 nitrogen and oxygen atoms in total. The Morgan fingerprint density at radius 3 is 2.64 bits per heavy atom. The van der Waals surface area contributed by atoms with E-state index in [4.69, 9.17) is 4.99 Å². The largest absolute Gasteiger partial charge is 0.361 e. The monoisotopic (exact) mass is 438 g/mol. The third-order valence-corrected chi connectivity index (χ3v) is 7.69. The van der Waals surface area contributed by atoms with Gasteiger partial charge >= 0.3 is 6.03 Å². The van der Waals surface area contributed by atoms with E-state index in [-0.39, 0.29) is 29.9 Å². The van der Waals surface area contributed by atoms with Gasteiger partial charge in [0.2, 0.25) is 0 Å². The maximum absolute atomic E-state index is 13.4. The number of hydrogen-bond acceptors (Lipinski definition) is 3. The highest BCUT2D eigenvalue weighted by Gasteiger charge is 2.56. The number of aromatic amines is 2. The van der Waals surface area contributed by atoms with Crippen molar-refractivity contribution >= 4 is 39.5 Å². The first-order valence-electron chi connectivity index (χ1n) is 11.2. The summed E-state index contributed by atoms with van der Waals surface area (Å²) in [6, 6.07) is 13.1. The summed E-state index contributed by atoms with van der Waals surface area (Å²) in [5.74, 6) is -0.248. The highest BCUT2D eigenvalue weighted by Crippen LogP contribution is 2.48. The molecule has 0 bridgehead atoms. The van der Waals surface area contributed by atoms with E-state index in [2.05, 4.69) is 38.9 Å². The van der Waals surface area contributed by atoms with Crippen LogP contribution in [0.4, 0.5) is 4.79 Å². The molecule has 0 radical (unpaired) electrons. The smallest absolute Gasteiger partial charge is 0.315 e. The number of urea groups is 1. The van der Waals surface area contributed by atoms with Crippen molar-refractivity contribution in [2.75, 3.05) is 6.54 Å². The summed E-state index contributed by atoms with van der Waals surface area (Å²) < 4.78 is 0. The molecule has 2 aromatic carbocycles. The van der Waals surface area contributed by atoms with Gasteiger partial charge in [-0.3, -0.25) is 9.79 Å². The summed E-state index contributed by atoms with van der Waals surface area (Å²) in [5.41, 5.74) is 4.58. The van der Waals surface area contributed by atoms with Crippen LogP contribution in [0.5, 0.6) is 0 Å². The van der Waals surface area contributed by atoms with Crippen molar-refractivity contribution in [1.29, 1.82) is 0 Å². The summed E-state index contributed by atoms with van der Waals surface area (Å²) in [7, 11) is 0. The number of H-pyrrole nitrogens is 2. The summed E-state index contributed by atoms with van der Waals surface area (Å²) in [4.78, 5) is 37.6. The summed E-state index contributed by atoms with van der Waals surface area (Å²) >= 11 is 0. The lowest BCUT2D eigenvalue weighted by molar-refractivity contribution is -0.116. The van der Waals surface area contributed by atoms with E-state index >= 15 is 0 Å². The van der Waals surface area contributed by atoms with Crippen LogP contribution in [0.1, 0.15) is 35.6 Å². The number of aromatic nitrogens is 2. The fourth-order valence-electron chi connectivity index (χ4n) is 6.03. The lowest BCUT2D eigenvalue weighted by Gasteiger charge is -2.43. The van der Waals surface area contributed by atoms with Crippen LogP contribution < -0.4 is 16.0 Å². The quantitative estimate of drug-likeness (QED) is 0.315. The number of para-hydroxylation sites is 1. The molecule has 4 heterocycles. The predicted molar refractivity (Wildman–Crippen MR) is 125 cm³/mol. The zero-order valence-corrected chi connectivity index (χ0v) is 17.9. The Morgan fingerprint density at radius 1 is 0.970 bits per heavy atom. The average molecular weight is 438 g/mol. The molecule has 33 heavy (non-hydrogen) atoms. The average Bonchev–Trinajstić information content (AvgIpc) is 3.54. The molecule has 2 aromatic heterocycles. The van der Waals surface area contributed by atoms with Crippen molar-refractivity contribution in [2.45, 2.75) is 30.5 Å². The Morgan fingerprint density at radius 2 is 1.79 bits per heavy atom. The third-order valence-electron chi connectivity index (χ3n) is 7.69. The topological polar surface area (TPSA) is 114 Å². The van der Waals surface area contributed by atoms with E-state index in [1.165, 1.54) is 0 Å². The van der Waals surface area contributed by atoms with Gasteiger partial charge in [0, 0.05) is 57.8 Å². The minimum absolute atomic E-state index is 0.0346. The molecule has 1 aliphatic carbocycles. The van der Waals surface area contributed by atoms with Crippen LogP contribution in [0.2, 0.25) is 0 Å². The van der Waals surface area contributed by atoms with Gasteiger partial charge in [0.15, 0.2) is 0 Å². The van der Waals surface area contributed by atoms with Gasteiger partial charge in [0.25, 0.3) is 5.91 Å². The maximum atomic E-state index is 13.4. The van der Waals surface area contributed by atoms with Crippen molar-refractivity contribution in [3.05, 3.63) is 71.5 Å². The normalized spacial score (nSPS) is 28.3. The van der Waals surface area contributed by atoms with Gasteiger partial charge in [-0.2, -0.15) is 0 Å². The number of nitrogens with zero attached hydrogens (tertiary/aromatic N) is 1. The van der Waals surface area contributed by atoms with Gasteiger partial charge in [-0.05, 0) is 17.7 Å². The molecule has 0 saturated carbocycles. The lowest BCUT2D eigenvalue weighted by Crippen LogP contribution is -2.62. The first kappa shape index (κ1) is 18.5. The number of nitrogens with one attached hydrogen (secondary N) is 5. The molecule has 3 amide bonds. The molecule has 1 unspecified atom stereocenters. The molecule has 8 heteroatoms. The van der Waals surface area contributed by atoms with E-state index in [0.29, 0.717) is 12.3 Å². The molecule has 3 aliphatic rings. The number of aliphatic imine (C=N–C) groups is 1. The van der Waals surface area contributed by atoms with Gasteiger partial charge in [-0.25, -0.2) is 4.79 Å². The van der Waals surface area contributed by atoms with E-state index in [0.717, 1.165) is 38.5 Å². The lowest BCUT2D eigenvalue weighted by atomic mass is 9.74. The minimum Gasteiger partial charge on any atom is -0.361 e. The van der Waals surface area contributed by atoms with Crippen molar-refractivity contribution in [3.8, 4) is 0 Å². The zero-order chi connectivity index (χ0) is 22.3. The van der Waals surface area contributed by atoms with Crippen LogP contribution in [0, 0.1) is 0 Å². The molecule has 7 rings (SSSR count). The standard InChI is InChI=1S/C25H22N6O2/c1-12-13-6-4-8-18-19(13)16(10-27-18)20-22(25(12)11-28-24(33)31-25)29-21(23(32)30-20)15-9-26-17-7-3-2-5-14(15)17/h2-10,12,20,22,26-27H,11H2,1H3,(H,30,32)(H2,28,31,33)/t12-,20?,22-,25-/m0/s1. The molecular formula is C25H22N6O2. The second-order valence-electron chi connectivity index (χ2n) is 9.21. The minimum atomic E-state index is -0.687. The maximum Gasteiger partial charge on any atom is 0.315 e. The van der Waals surface area contributed by atoms with Crippen molar-refractivity contribution in [3.63, 3.8) is 0 Å². The first-order chi connectivity index (χ1) is 16.1. The Kier molecular flexibility index (Phi) is 3.50. The molecule has 1 fully saturated rings. The van der Waals surface area contributed by atoms with Crippen LogP contribution in [-0.2, 0) is 4.79 Å². The number of hydrogen-bond donors (Lipinski definition) is 5. The number of carbonyl (C=O) groups is 2. The Bertz CT molecular complexity index is 1510. The predicted octanol–water partition coefficient (Wildman–Crippen LogP) is 2.85. The SMILES string of the molecule is C[C@H]1c2cccc3[nH]cc(c23)C2NC(=O)C(c3c[nH]c4ccccc34)=N[C@@H]2[C@]12CNC(=O)N2. The van der Waals surface area contributed by atoms with E-state index in [9.17, 15) is 9.59 Å². The van der Waals surface area contributed by atoms with Crippen molar-refractivity contribution in [1.82, 2.24) is 25.9 Å². The molecule has 1 spiro atoms. The summed E-state index contributed by atoms with van der Waals surface area (Å²) in [5, 5.41) is 11.5. The molecule has 1 saturated heterocycles. The molecule has 4 aromatic rings. The number of amides is 3. The van der Waals surface area contributed by atoms with E-state index in [1.54, 1.807) is 0 Å². The van der Waals surface area contributed by atoms with Gasteiger partial charge in [0.1, 0.15) is 11.8 Å². The highest BCUT2D eigenvalue weighted by molar-refractivity contribution is 6.48. The molecule has 5 N–H and O–H groups in total.